The second-order valence-electron chi connectivity index (χ2n) is 5.03. The first-order chi connectivity index (χ1) is 10.3. The normalized spacial score (nSPS) is 10.4. The van der Waals surface area contributed by atoms with Gasteiger partial charge in [0.2, 0.25) is 0 Å². The van der Waals surface area contributed by atoms with E-state index in [0.717, 1.165) is 22.5 Å². The van der Waals surface area contributed by atoms with Crippen LogP contribution in [0.5, 0.6) is 5.75 Å². The topological polar surface area (TPSA) is 21.3 Å². The van der Waals surface area contributed by atoms with Crippen LogP contribution in [0.4, 0.5) is 5.69 Å². The second-order valence-corrected chi connectivity index (χ2v) is 5.95. The van der Waals surface area contributed by atoms with E-state index in [1.54, 1.807) is 0 Å². The van der Waals surface area contributed by atoms with Crippen LogP contribution in [0, 0.1) is 0 Å². The van der Waals surface area contributed by atoms with Crippen molar-refractivity contribution in [2.45, 2.75) is 26.2 Å². The first kappa shape index (κ1) is 15.9. The third kappa shape index (κ3) is 5.80. The Morgan fingerprint density at radius 1 is 1.10 bits per heavy atom. The predicted molar refractivity (Wildman–Crippen MR) is 93.2 cm³/mol. The Kier molecular flexibility index (Phi) is 6.61. The molecular weight excluding hydrogens is 326 g/mol. The summed E-state index contributed by atoms with van der Waals surface area (Å²) in [5.41, 5.74) is 2.56. The van der Waals surface area contributed by atoms with E-state index in [9.17, 15) is 0 Å². The van der Waals surface area contributed by atoms with Crippen LogP contribution in [-0.2, 0) is 6.42 Å². The van der Waals surface area contributed by atoms with Crippen molar-refractivity contribution >= 4 is 21.6 Å². The maximum absolute atomic E-state index is 5.69. The van der Waals surface area contributed by atoms with Crippen molar-refractivity contribution in [1.29, 1.82) is 0 Å². The zero-order valence-corrected chi connectivity index (χ0v) is 14.0. The van der Waals surface area contributed by atoms with Crippen LogP contribution >= 0.6 is 15.9 Å². The van der Waals surface area contributed by atoms with Gasteiger partial charge in [0.15, 0.2) is 0 Å². The van der Waals surface area contributed by atoms with E-state index in [-0.39, 0.29) is 0 Å². The van der Waals surface area contributed by atoms with Crippen LogP contribution in [-0.4, -0.2) is 13.2 Å². The molecule has 0 fully saturated rings. The number of rotatable bonds is 8. The summed E-state index contributed by atoms with van der Waals surface area (Å²) in [6.45, 7) is 3.66. The molecule has 0 aromatic heterocycles. The highest BCUT2D eigenvalue weighted by Gasteiger charge is 1.96. The van der Waals surface area contributed by atoms with Gasteiger partial charge in [-0.15, -0.1) is 0 Å². The molecule has 0 saturated heterocycles. The van der Waals surface area contributed by atoms with Crippen LogP contribution < -0.4 is 10.1 Å². The van der Waals surface area contributed by atoms with E-state index in [0.29, 0.717) is 6.61 Å². The number of halogens is 1. The molecule has 2 rings (SSSR count). The van der Waals surface area contributed by atoms with Gasteiger partial charge >= 0.3 is 0 Å². The lowest BCUT2D eigenvalue weighted by atomic mass is 10.1. The van der Waals surface area contributed by atoms with E-state index < -0.39 is 0 Å². The van der Waals surface area contributed by atoms with E-state index in [1.807, 2.05) is 24.3 Å². The summed E-state index contributed by atoms with van der Waals surface area (Å²) in [6, 6.07) is 16.6. The monoisotopic (exact) mass is 347 g/mol. The predicted octanol–water partition coefficient (Wildman–Crippen LogP) is 5.28. The van der Waals surface area contributed by atoms with Crippen molar-refractivity contribution in [2.24, 2.45) is 0 Å². The summed E-state index contributed by atoms with van der Waals surface area (Å²) in [5.74, 6) is 0.890. The standard InChI is InChI=1S/C18H22BrNO/c1-2-3-5-15-8-10-17(11-9-15)20-12-13-21-18-7-4-6-16(19)14-18/h4,6-11,14,20H,2-3,5,12-13H2,1H3. The fourth-order valence-corrected chi connectivity index (χ4v) is 2.47. The Morgan fingerprint density at radius 3 is 2.62 bits per heavy atom. The van der Waals surface area contributed by atoms with Crippen LogP contribution in [0.3, 0.4) is 0 Å². The molecule has 0 heterocycles. The van der Waals surface area contributed by atoms with Gasteiger partial charge in [-0.1, -0.05) is 47.5 Å². The minimum absolute atomic E-state index is 0.647. The summed E-state index contributed by atoms with van der Waals surface area (Å²) < 4.78 is 6.73. The molecular formula is C18H22BrNO. The minimum Gasteiger partial charge on any atom is -0.492 e. The smallest absolute Gasteiger partial charge is 0.120 e. The van der Waals surface area contributed by atoms with Gasteiger partial charge in [0.1, 0.15) is 12.4 Å². The van der Waals surface area contributed by atoms with E-state index in [2.05, 4.69) is 52.4 Å². The van der Waals surface area contributed by atoms with Gasteiger partial charge in [0, 0.05) is 16.7 Å². The summed E-state index contributed by atoms with van der Waals surface area (Å²) >= 11 is 3.44. The molecule has 0 radical (unpaired) electrons. The maximum Gasteiger partial charge on any atom is 0.120 e. The molecule has 2 aromatic rings. The SMILES string of the molecule is CCCCc1ccc(NCCOc2cccc(Br)c2)cc1. The van der Waals surface area contributed by atoms with Crippen molar-refractivity contribution < 1.29 is 4.74 Å². The lowest BCUT2D eigenvalue weighted by Crippen LogP contribution is -2.11. The maximum atomic E-state index is 5.69. The lowest BCUT2D eigenvalue weighted by molar-refractivity contribution is 0.332. The fraction of sp³-hybridized carbons (Fsp3) is 0.333. The second kappa shape index (κ2) is 8.73. The Labute approximate surface area is 135 Å². The molecule has 1 N–H and O–H groups in total. The van der Waals surface area contributed by atoms with Crippen molar-refractivity contribution in [3.05, 3.63) is 58.6 Å². The average Bonchev–Trinajstić information content (AvgIpc) is 2.51. The molecule has 0 aliphatic carbocycles. The number of anilines is 1. The molecule has 0 unspecified atom stereocenters. The molecule has 0 aliphatic heterocycles. The molecule has 112 valence electrons. The molecule has 2 aromatic carbocycles. The molecule has 2 nitrogen and oxygen atoms in total. The fourth-order valence-electron chi connectivity index (χ4n) is 2.09. The van der Waals surface area contributed by atoms with Crippen molar-refractivity contribution in [2.75, 3.05) is 18.5 Å². The largest absolute Gasteiger partial charge is 0.492 e. The highest BCUT2D eigenvalue weighted by atomic mass is 79.9. The average molecular weight is 348 g/mol. The molecule has 0 bridgehead atoms. The van der Waals surface area contributed by atoms with Gasteiger partial charge in [-0.2, -0.15) is 0 Å². The number of aryl methyl sites for hydroxylation is 1. The number of ether oxygens (including phenoxy) is 1. The highest BCUT2D eigenvalue weighted by Crippen LogP contribution is 2.17. The number of hydrogen-bond donors (Lipinski definition) is 1. The van der Waals surface area contributed by atoms with E-state index in [1.165, 1.54) is 24.8 Å². The van der Waals surface area contributed by atoms with Gasteiger partial charge in [0.25, 0.3) is 0 Å². The molecule has 0 saturated carbocycles. The first-order valence-electron chi connectivity index (χ1n) is 7.49. The Bertz CT molecular complexity index is 539. The zero-order chi connectivity index (χ0) is 14.9. The number of benzene rings is 2. The highest BCUT2D eigenvalue weighted by molar-refractivity contribution is 9.10. The third-order valence-corrected chi connectivity index (χ3v) is 3.76. The van der Waals surface area contributed by atoms with Gasteiger partial charge in [-0.3, -0.25) is 0 Å². The number of hydrogen-bond acceptors (Lipinski definition) is 2. The van der Waals surface area contributed by atoms with Crippen molar-refractivity contribution in [1.82, 2.24) is 0 Å². The van der Waals surface area contributed by atoms with E-state index >= 15 is 0 Å². The molecule has 21 heavy (non-hydrogen) atoms. The van der Waals surface area contributed by atoms with Crippen molar-refractivity contribution in [3.63, 3.8) is 0 Å². The van der Waals surface area contributed by atoms with Gasteiger partial charge in [-0.05, 0) is 48.7 Å². The van der Waals surface area contributed by atoms with Crippen LogP contribution in [0.1, 0.15) is 25.3 Å². The quantitative estimate of drug-likeness (QED) is 0.655. The molecule has 0 aliphatic rings. The number of nitrogens with one attached hydrogen (secondary N) is 1. The summed E-state index contributed by atoms with van der Waals surface area (Å²) in [5, 5.41) is 3.38. The van der Waals surface area contributed by atoms with Gasteiger partial charge in [-0.25, -0.2) is 0 Å². The first-order valence-corrected chi connectivity index (χ1v) is 8.28. The summed E-state index contributed by atoms with van der Waals surface area (Å²) in [7, 11) is 0. The molecule has 0 amide bonds. The zero-order valence-electron chi connectivity index (χ0n) is 12.4. The van der Waals surface area contributed by atoms with Crippen LogP contribution in [0.2, 0.25) is 0 Å². The van der Waals surface area contributed by atoms with E-state index in [4.69, 9.17) is 4.74 Å². The number of unbranched alkanes of at least 4 members (excludes halogenated alkanes) is 1. The van der Waals surface area contributed by atoms with Crippen LogP contribution in [0.25, 0.3) is 0 Å². The molecule has 3 heteroatoms. The lowest BCUT2D eigenvalue weighted by Gasteiger charge is -2.09. The minimum atomic E-state index is 0.647. The Morgan fingerprint density at radius 2 is 1.90 bits per heavy atom. The van der Waals surface area contributed by atoms with Crippen LogP contribution in [0.15, 0.2) is 53.0 Å². The van der Waals surface area contributed by atoms with Gasteiger partial charge < -0.3 is 10.1 Å². The third-order valence-electron chi connectivity index (χ3n) is 3.27. The van der Waals surface area contributed by atoms with Crippen molar-refractivity contribution in [3.8, 4) is 5.75 Å². The summed E-state index contributed by atoms with van der Waals surface area (Å²) in [6.07, 6.45) is 3.67. The molecule has 0 atom stereocenters. The molecule has 0 spiro atoms. The summed E-state index contributed by atoms with van der Waals surface area (Å²) in [4.78, 5) is 0. The van der Waals surface area contributed by atoms with Gasteiger partial charge in [0.05, 0.1) is 0 Å². The Hall–Kier alpha value is -1.48. The Balaban J connectivity index is 1.71.